The van der Waals surface area contributed by atoms with Crippen LogP contribution in [-0.4, -0.2) is 16.2 Å². The van der Waals surface area contributed by atoms with Gasteiger partial charge in [-0.25, -0.2) is 14.2 Å². The van der Waals surface area contributed by atoms with E-state index in [0.717, 1.165) is 16.2 Å². The van der Waals surface area contributed by atoms with Crippen LogP contribution in [0.15, 0.2) is 53.5 Å². The fourth-order valence-electron chi connectivity index (χ4n) is 2.60. The lowest BCUT2D eigenvalue weighted by Crippen LogP contribution is -2.84. The molecule has 0 saturated heterocycles. The highest BCUT2D eigenvalue weighted by Gasteiger charge is 2.22. The molecule has 0 radical (unpaired) electrons. The van der Waals surface area contributed by atoms with E-state index < -0.39 is 0 Å². The number of aromatic nitrogens is 2. The van der Waals surface area contributed by atoms with E-state index in [1.807, 2.05) is 29.2 Å². The Morgan fingerprint density at radius 3 is 2.96 bits per heavy atom. The third-order valence-electron chi connectivity index (χ3n) is 3.78. The van der Waals surface area contributed by atoms with Crippen molar-refractivity contribution in [3.05, 3.63) is 79.9 Å². The van der Waals surface area contributed by atoms with Gasteiger partial charge in [0.1, 0.15) is 10.3 Å². The first-order valence-corrected chi connectivity index (χ1v) is 8.26. The Kier molecular flexibility index (Phi) is 3.70. The Balaban J connectivity index is 1.73. The lowest BCUT2D eigenvalue weighted by atomic mass is 10.3. The van der Waals surface area contributed by atoms with Gasteiger partial charge in [0, 0.05) is 11.9 Å². The van der Waals surface area contributed by atoms with Crippen molar-refractivity contribution in [2.24, 2.45) is 0 Å². The topological polar surface area (TPSA) is 52.1 Å². The Morgan fingerprint density at radius 1 is 1.25 bits per heavy atom. The summed E-state index contributed by atoms with van der Waals surface area (Å²) in [6.45, 7) is 0.906. The number of halogens is 1. The van der Waals surface area contributed by atoms with Gasteiger partial charge in [-0.15, -0.1) is 0 Å². The van der Waals surface area contributed by atoms with E-state index >= 15 is 0 Å². The number of anilines is 1. The number of benzene rings is 1. The monoisotopic (exact) mass is 341 g/mol. The summed E-state index contributed by atoms with van der Waals surface area (Å²) in [6, 6.07) is 11.9. The summed E-state index contributed by atoms with van der Waals surface area (Å²) in [4.78, 5) is 22.8. The first kappa shape index (κ1) is 14.8. The van der Waals surface area contributed by atoms with Gasteiger partial charge < -0.3 is 0 Å². The zero-order chi connectivity index (χ0) is 16.5. The van der Waals surface area contributed by atoms with Gasteiger partial charge in [0.05, 0.1) is 5.69 Å². The number of nitrogens with one attached hydrogen (secondary N) is 1. The highest BCUT2D eigenvalue weighted by molar-refractivity contribution is 7.06. The number of nitrogens with zero attached hydrogens (tertiary/aromatic N) is 3. The van der Waals surface area contributed by atoms with E-state index in [-0.39, 0.29) is 11.4 Å². The molecule has 24 heavy (non-hydrogen) atoms. The van der Waals surface area contributed by atoms with E-state index in [9.17, 15) is 9.18 Å². The largest absolute Gasteiger partial charge is 0.353 e. The van der Waals surface area contributed by atoms with Crippen molar-refractivity contribution in [2.75, 3.05) is 11.6 Å². The van der Waals surface area contributed by atoms with Crippen molar-refractivity contribution in [1.82, 2.24) is 9.55 Å². The molecule has 1 N–H and O–H groups in total. The summed E-state index contributed by atoms with van der Waals surface area (Å²) < 4.78 is 15.7. The molecule has 2 aromatic heterocycles. The van der Waals surface area contributed by atoms with Gasteiger partial charge in [-0.05, 0) is 47.7 Å². The lowest BCUT2D eigenvalue weighted by Gasteiger charge is -2.21. The molecule has 0 spiro atoms. The molecule has 3 aromatic rings. The minimum atomic E-state index is -0.292. The van der Waals surface area contributed by atoms with Crippen LogP contribution in [0.1, 0.15) is 5.69 Å². The van der Waals surface area contributed by atoms with E-state index in [2.05, 4.69) is 9.98 Å². The van der Waals surface area contributed by atoms with Crippen LogP contribution in [0.2, 0.25) is 0 Å². The van der Waals surface area contributed by atoms with Crippen LogP contribution < -0.4 is 24.8 Å². The maximum absolute atomic E-state index is 13.4. The van der Waals surface area contributed by atoms with Crippen molar-refractivity contribution in [3.63, 3.8) is 0 Å². The SMILES string of the molecule is O=c1c(=Cc2ccccn2)sc2n1CN(c1cccc(F)c1)C[NH+]=2. The van der Waals surface area contributed by atoms with E-state index in [1.54, 1.807) is 22.9 Å². The van der Waals surface area contributed by atoms with Crippen molar-refractivity contribution in [2.45, 2.75) is 6.67 Å². The van der Waals surface area contributed by atoms with Crippen LogP contribution in [0.3, 0.4) is 0 Å². The maximum Gasteiger partial charge on any atom is 0.353 e. The predicted molar refractivity (Wildman–Crippen MR) is 89.4 cm³/mol. The van der Waals surface area contributed by atoms with Crippen LogP contribution in [0.4, 0.5) is 10.1 Å². The first-order valence-electron chi connectivity index (χ1n) is 7.44. The quantitative estimate of drug-likeness (QED) is 0.678. The van der Waals surface area contributed by atoms with Crippen LogP contribution in [0.5, 0.6) is 0 Å². The van der Waals surface area contributed by atoms with Gasteiger partial charge in [0.25, 0.3) is 0 Å². The standard InChI is InChI=1S/C17H13FN4OS/c18-12-4-3-6-14(8-12)21-10-20-17-22(11-21)16(23)15(24-17)9-13-5-1-2-7-19-13/h1-9H,10-11H2/p+1. The molecule has 0 unspecified atom stereocenters. The van der Waals surface area contributed by atoms with Gasteiger partial charge in [-0.2, -0.15) is 4.57 Å². The molecule has 0 saturated carbocycles. The van der Waals surface area contributed by atoms with Gasteiger partial charge in [-0.1, -0.05) is 12.1 Å². The number of hydrogen-bond donors (Lipinski definition) is 1. The molecule has 1 aromatic carbocycles. The lowest BCUT2D eigenvalue weighted by molar-refractivity contribution is -0.507. The molecule has 4 rings (SSSR count). The van der Waals surface area contributed by atoms with E-state index in [0.29, 0.717) is 17.9 Å². The number of pyridine rings is 1. The molecule has 0 bridgehead atoms. The molecule has 0 aliphatic carbocycles. The summed E-state index contributed by atoms with van der Waals surface area (Å²) in [5, 5.41) is 0. The van der Waals surface area contributed by atoms with Crippen LogP contribution >= 0.6 is 11.3 Å². The van der Waals surface area contributed by atoms with Crippen molar-refractivity contribution >= 4 is 23.1 Å². The number of fused-ring (bicyclic) bond motifs is 1. The smallest absolute Gasteiger partial charge is 0.299 e. The summed E-state index contributed by atoms with van der Waals surface area (Å²) in [7, 11) is 0. The summed E-state index contributed by atoms with van der Waals surface area (Å²) in [6.07, 6.45) is 3.48. The second-order valence-electron chi connectivity index (χ2n) is 5.40. The Hall–Kier alpha value is -2.80. The molecular weight excluding hydrogens is 327 g/mol. The third kappa shape index (κ3) is 2.74. The first-order chi connectivity index (χ1) is 11.7. The minimum Gasteiger partial charge on any atom is -0.299 e. The fourth-order valence-corrected chi connectivity index (χ4v) is 3.58. The summed E-state index contributed by atoms with van der Waals surface area (Å²) in [5.74, 6) is -0.292. The number of thiazole rings is 1. The van der Waals surface area contributed by atoms with Crippen molar-refractivity contribution in [1.29, 1.82) is 0 Å². The molecule has 1 aliphatic rings. The van der Waals surface area contributed by atoms with Crippen LogP contribution in [0, 0.1) is 5.82 Å². The second kappa shape index (κ2) is 6.01. The molecule has 7 heteroatoms. The predicted octanol–water partition coefficient (Wildman–Crippen LogP) is -0.592. The Morgan fingerprint density at radius 2 is 2.17 bits per heavy atom. The number of hydrogen-bond acceptors (Lipinski definition) is 4. The van der Waals surface area contributed by atoms with Gasteiger partial charge in [0.15, 0.2) is 13.3 Å². The van der Waals surface area contributed by atoms with E-state index in [4.69, 9.17) is 0 Å². The Labute approximate surface area is 140 Å². The highest BCUT2D eigenvalue weighted by Crippen LogP contribution is 2.14. The molecule has 5 nitrogen and oxygen atoms in total. The molecule has 0 amide bonds. The van der Waals surface area contributed by atoms with Crippen molar-refractivity contribution < 1.29 is 9.38 Å². The zero-order valence-electron chi connectivity index (χ0n) is 12.6. The number of rotatable bonds is 2. The minimum absolute atomic E-state index is 0.0748. The average Bonchev–Trinajstić information content (AvgIpc) is 2.91. The molecule has 120 valence electrons. The Bertz CT molecular complexity index is 1060. The van der Waals surface area contributed by atoms with Gasteiger partial charge >= 0.3 is 10.4 Å². The third-order valence-corrected chi connectivity index (χ3v) is 4.85. The second-order valence-corrected chi connectivity index (χ2v) is 6.43. The molecule has 1 aliphatic heterocycles. The van der Waals surface area contributed by atoms with Gasteiger partial charge in [0.2, 0.25) is 0 Å². The fraction of sp³-hybridized carbons (Fsp3) is 0.118. The van der Waals surface area contributed by atoms with Gasteiger partial charge in [-0.3, -0.25) is 9.88 Å². The molecule has 0 atom stereocenters. The molecule has 3 heterocycles. The molecular formula is C17H14FN4OS+. The van der Waals surface area contributed by atoms with E-state index in [1.165, 1.54) is 23.5 Å². The summed E-state index contributed by atoms with van der Waals surface area (Å²) in [5.41, 5.74) is 1.41. The normalized spacial score (nSPS) is 14.4. The highest BCUT2D eigenvalue weighted by atomic mass is 32.1. The maximum atomic E-state index is 13.4. The summed E-state index contributed by atoms with van der Waals surface area (Å²) >= 11 is 1.40. The van der Waals surface area contributed by atoms with Crippen LogP contribution in [-0.2, 0) is 6.67 Å². The van der Waals surface area contributed by atoms with Crippen LogP contribution in [0.25, 0.3) is 6.08 Å². The van der Waals surface area contributed by atoms with Crippen molar-refractivity contribution in [3.8, 4) is 0 Å². The average molecular weight is 341 g/mol. The molecule has 0 fully saturated rings. The zero-order valence-corrected chi connectivity index (χ0v) is 13.5.